The minimum Gasteiger partial charge on any atom is -0.496 e. The molecule has 0 aliphatic carbocycles. The number of pyridine rings is 1. The summed E-state index contributed by atoms with van der Waals surface area (Å²) in [4.78, 5) is 17.0. The van der Waals surface area contributed by atoms with Crippen molar-refractivity contribution in [2.75, 3.05) is 7.11 Å². The average Bonchev–Trinajstić information content (AvgIpc) is 2.69. The van der Waals surface area contributed by atoms with Gasteiger partial charge in [-0.15, -0.1) is 0 Å². The van der Waals surface area contributed by atoms with Crippen LogP contribution in [0.25, 0.3) is 11.1 Å². The lowest BCUT2D eigenvalue weighted by Crippen LogP contribution is -2.12. The van der Waals surface area contributed by atoms with Crippen molar-refractivity contribution < 1.29 is 9.53 Å². The molecule has 0 saturated heterocycles. The van der Waals surface area contributed by atoms with Crippen LogP contribution in [0.4, 0.5) is 0 Å². The van der Waals surface area contributed by atoms with Crippen LogP contribution >= 0.6 is 0 Å². The van der Waals surface area contributed by atoms with Gasteiger partial charge in [-0.3, -0.25) is 9.78 Å². The highest BCUT2D eigenvalue weighted by atomic mass is 16.5. The SMILES string of the molecule is COc1ccc(C(=O)[C@H](C#N)c2ccccn2)cc1-c1ccccc1. The van der Waals surface area contributed by atoms with Gasteiger partial charge in [0, 0.05) is 17.3 Å². The molecule has 4 nitrogen and oxygen atoms in total. The Hall–Kier alpha value is -3.45. The average molecular weight is 328 g/mol. The van der Waals surface area contributed by atoms with Crippen LogP contribution in [0.2, 0.25) is 0 Å². The van der Waals surface area contributed by atoms with E-state index in [9.17, 15) is 10.1 Å². The van der Waals surface area contributed by atoms with E-state index in [4.69, 9.17) is 4.74 Å². The normalized spacial score (nSPS) is 11.4. The maximum absolute atomic E-state index is 12.9. The zero-order chi connectivity index (χ0) is 17.6. The Morgan fingerprint density at radius 2 is 1.84 bits per heavy atom. The Kier molecular flexibility index (Phi) is 4.87. The first-order chi connectivity index (χ1) is 12.2. The second-order valence-electron chi connectivity index (χ2n) is 5.46. The molecule has 0 spiro atoms. The summed E-state index contributed by atoms with van der Waals surface area (Å²) in [6.07, 6.45) is 1.58. The number of ether oxygens (including phenoxy) is 1. The molecule has 0 saturated carbocycles. The van der Waals surface area contributed by atoms with Crippen LogP contribution in [-0.2, 0) is 0 Å². The van der Waals surface area contributed by atoms with Crippen molar-refractivity contribution in [3.8, 4) is 22.9 Å². The summed E-state index contributed by atoms with van der Waals surface area (Å²) in [5, 5.41) is 9.46. The first-order valence-corrected chi connectivity index (χ1v) is 7.83. The van der Waals surface area contributed by atoms with Crippen LogP contribution in [-0.4, -0.2) is 17.9 Å². The topological polar surface area (TPSA) is 63.0 Å². The van der Waals surface area contributed by atoms with Gasteiger partial charge in [0.2, 0.25) is 0 Å². The van der Waals surface area contributed by atoms with E-state index >= 15 is 0 Å². The number of carbonyl (C=O) groups excluding carboxylic acids is 1. The molecule has 2 aromatic carbocycles. The summed E-state index contributed by atoms with van der Waals surface area (Å²) in [6.45, 7) is 0. The summed E-state index contributed by atoms with van der Waals surface area (Å²) in [5.41, 5.74) is 2.66. The molecule has 0 amide bonds. The third kappa shape index (κ3) is 3.41. The molecule has 0 bridgehead atoms. The Balaban J connectivity index is 2.03. The second-order valence-corrected chi connectivity index (χ2v) is 5.46. The lowest BCUT2D eigenvalue weighted by Gasteiger charge is -2.12. The molecular weight excluding hydrogens is 312 g/mol. The molecule has 3 rings (SSSR count). The van der Waals surface area contributed by atoms with E-state index in [1.807, 2.05) is 30.3 Å². The summed E-state index contributed by atoms with van der Waals surface area (Å²) >= 11 is 0. The number of nitriles is 1. The smallest absolute Gasteiger partial charge is 0.186 e. The Morgan fingerprint density at radius 1 is 1.08 bits per heavy atom. The number of rotatable bonds is 5. The molecule has 0 N–H and O–H groups in total. The van der Waals surface area contributed by atoms with E-state index < -0.39 is 5.92 Å². The monoisotopic (exact) mass is 328 g/mol. The number of carbonyl (C=O) groups is 1. The molecule has 25 heavy (non-hydrogen) atoms. The molecule has 3 aromatic rings. The zero-order valence-electron chi connectivity index (χ0n) is 13.7. The predicted octanol–water partition coefficient (Wildman–Crippen LogP) is 4.25. The van der Waals surface area contributed by atoms with Gasteiger partial charge in [0.15, 0.2) is 11.7 Å². The van der Waals surface area contributed by atoms with E-state index in [0.29, 0.717) is 17.0 Å². The van der Waals surface area contributed by atoms with Crippen LogP contribution in [0.3, 0.4) is 0 Å². The fourth-order valence-electron chi connectivity index (χ4n) is 2.68. The van der Waals surface area contributed by atoms with Crippen molar-refractivity contribution in [2.24, 2.45) is 0 Å². The van der Waals surface area contributed by atoms with E-state index in [0.717, 1.165) is 11.1 Å². The van der Waals surface area contributed by atoms with Crippen LogP contribution in [0.15, 0.2) is 72.9 Å². The van der Waals surface area contributed by atoms with Crippen LogP contribution in [0, 0.1) is 11.3 Å². The van der Waals surface area contributed by atoms with Gasteiger partial charge < -0.3 is 4.74 Å². The van der Waals surface area contributed by atoms with Gasteiger partial charge in [-0.2, -0.15) is 5.26 Å². The van der Waals surface area contributed by atoms with Gasteiger partial charge in [-0.25, -0.2) is 0 Å². The maximum Gasteiger partial charge on any atom is 0.186 e. The number of aromatic nitrogens is 1. The maximum atomic E-state index is 12.9. The molecule has 1 heterocycles. The van der Waals surface area contributed by atoms with Crippen molar-refractivity contribution in [3.63, 3.8) is 0 Å². The first kappa shape index (κ1) is 16.4. The quantitative estimate of drug-likeness (QED) is 0.657. The van der Waals surface area contributed by atoms with Gasteiger partial charge in [-0.05, 0) is 35.9 Å². The minimum atomic E-state index is -0.932. The molecule has 0 aliphatic rings. The number of methoxy groups -OCH3 is 1. The van der Waals surface area contributed by atoms with Gasteiger partial charge >= 0.3 is 0 Å². The minimum absolute atomic E-state index is 0.277. The van der Waals surface area contributed by atoms with Crippen LogP contribution < -0.4 is 4.74 Å². The molecule has 0 unspecified atom stereocenters. The van der Waals surface area contributed by atoms with E-state index in [1.165, 1.54) is 0 Å². The summed E-state index contributed by atoms with van der Waals surface area (Å²) < 4.78 is 5.42. The van der Waals surface area contributed by atoms with Gasteiger partial charge in [0.05, 0.1) is 18.9 Å². The molecule has 4 heteroatoms. The molecule has 1 atom stereocenters. The number of nitrogens with zero attached hydrogens (tertiary/aromatic N) is 2. The summed E-state index contributed by atoms with van der Waals surface area (Å²) in [5.74, 6) is -0.534. The standard InChI is InChI=1S/C21H16N2O2/c1-25-20-11-10-16(13-17(20)15-7-3-2-4-8-15)21(24)18(14-22)19-9-5-6-12-23-19/h2-13,18H,1H3/t18-/m1/s1. The Bertz CT molecular complexity index is 916. The largest absolute Gasteiger partial charge is 0.496 e. The first-order valence-electron chi connectivity index (χ1n) is 7.83. The lowest BCUT2D eigenvalue weighted by atomic mass is 9.92. The second kappa shape index (κ2) is 7.41. The van der Waals surface area contributed by atoms with Gasteiger partial charge in [-0.1, -0.05) is 36.4 Å². The predicted molar refractivity (Wildman–Crippen MR) is 95.4 cm³/mol. The Labute approximate surface area is 146 Å². The van der Waals surface area contributed by atoms with Gasteiger partial charge in [0.1, 0.15) is 5.75 Å². The van der Waals surface area contributed by atoms with E-state index in [1.54, 1.807) is 49.7 Å². The van der Waals surface area contributed by atoms with Crippen molar-refractivity contribution in [3.05, 3.63) is 84.2 Å². The van der Waals surface area contributed by atoms with Crippen LogP contribution in [0.5, 0.6) is 5.75 Å². The highest BCUT2D eigenvalue weighted by Crippen LogP contribution is 2.32. The number of hydrogen-bond acceptors (Lipinski definition) is 4. The zero-order valence-corrected chi connectivity index (χ0v) is 13.7. The molecule has 0 radical (unpaired) electrons. The summed E-state index contributed by atoms with van der Waals surface area (Å²) in [6, 6.07) is 22.2. The third-order valence-electron chi connectivity index (χ3n) is 3.94. The van der Waals surface area contributed by atoms with Gasteiger partial charge in [0.25, 0.3) is 0 Å². The lowest BCUT2D eigenvalue weighted by molar-refractivity contribution is 0.0977. The molecular formula is C21H16N2O2. The van der Waals surface area contributed by atoms with Crippen molar-refractivity contribution in [1.82, 2.24) is 4.98 Å². The van der Waals surface area contributed by atoms with E-state index in [2.05, 4.69) is 11.1 Å². The number of Topliss-reactive ketones (excluding diaryl/α,β-unsaturated/α-hetero) is 1. The van der Waals surface area contributed by atoms with Crippen molar-refractivity contribution >= 4 is 5.78 Å². The third-order valence-corrected chi connectivity index (χ3v) is 3.94. The Morgan fingerprint density at radius 3 is 2.48 bits per heavy atom. The van der Waals surface area contributed by atoms with Crippen molar-refractivity contribution in [1.29, 1.82) is 5.26 Å². The molecule has 122 valence electrons. The number of ketones is 1. The fourth-order valence-corrected chi connectivity index (χ4v) is 2.68. The highest BCUT2D eigenvalue weighted by Gasteiger charge is 2.23. The number of benzene rings is 2. The highest BCUT2D eigenvalue weighted by molar-refractivity contribution is 6.03. The van der Waals surface area contributed by atoms with E-state index in [-0.39, 0.29) is 5.78 Å². The summed E-state index contributed by atoms with van der Waals surface area (Å²) in [7, 11) is 1.59. The number of hydrogen-bond donors (Lipinski definition) is 0. The van der Waals surface area contributed by atoms with Crippen LogP contribution in [0.1, 0.15) is 22.0 Å². The van der Waals surface area contributed by atoms with Crippen molar-refractivity contribution in [2.45, 2.75) is 5.92 Å². The fraction of sp³-hybridized carbons (Fsp3) is 0.0952. The molecule has 0 aliphatic heterocycles. The molecule has 0 fully saturated rings. The molecule has 1 aromatic heterocycles.